The Kier molecular flexibility index (Phi) is 7.68. The summed E-state index contributed by atoms with van der Waals surface area (Å²) < 4.78 is 10.2. The average Bonchev–Trinajstić information content (AvgIpc) is 3.60. The largest absolute Gasteiger partial charge is 0.373 e. The zero-order chi connectivity index (χ0) is 18.0. The zero-order valence-electron chi connectivity index (χ0n) is 15.8. The second-order valence-corrected chi connectivity index (χ2v) is 7.02. The summed E-state index contributed by atoms with van der Waals surface area (Å²) in [4.78, 5) is 0. The molecule has 0 saturated carbocycles. The lowest BCUT2D eigenvalue weighted by Crippen LogP contribution is -2.19. The van der Waals surface area contributed by atoms with E-state index >= 15 is 0 Å². The Morgan fingerprint density at radius 3 is 1.58 bits per heavy atom. The zero-order valence-corrected chi connectivity index (χ0v) is 15.8. The molecule has 0 aromatic heterocycles. The highest BCUT2D eigenvalue weighted by Crippen LogP contribution is 2.27. The molecule has 0 radical (unpaired) electrons. The maximum absolute atomic E-state index is 5.08. The van der Waals surface area contributed by atoms with E-state index in [4.69, 9.17) is 9.47 Å². The van der Waals surface area contributed by atoms with Crippen LogP contribution in [0.25, 0.3) is 0 Å². The van der Waals surface area contributed by atoms with Crippen LogP contribution < -0.4 is 5.32 Å². The van der Waals surface area contributed by atoms with E-state index in [1.54, 1.807) is 0 Å². The Morgan fingerprint density at radius 1 is 0.808 bits per heavy atom. The Morgan fingerprint density at radius 2 is 1.23 bits per heavy atom. The van der Waals surface area contributed by atoms with Crippen molar-refractivity contribution in [1.29, 1.82) is 0 Å². The number of benzene rings is 2. The van der Waals surface area contributed by atoms with Crippen molar-refractivity contribution in [3.05, 3.63) is 71.8 Å². The van der Waals surface area contributed by atoms with E-state index in [1.165, 1.54) is 24.0 Å². The first kappa shape index (κ1) is 19.1. The van der Waals surface area contributed by atoms with E-state index in [0.717, 1.165) is 32.7 Å². The fourth-order valence-electron chi connectivity index (χ4n) is 3.16. The summed E-state index contributed by atoms with van der Waals surface area (Å²) in [5.74, 6) is 0.535. The van der Waals surface area contributed by atoms with Crippen molar-refractivity contribution in [2.75, 3.05) is 26.3 Å². The van der Waals surface area contributed by atoms with Gasteiger partial charge in [-0.3, -0.25) is 0 Å². The van der Waals surface area contributed by atoms with Crippen LogP contribution in [0.4, 0.5) is 0 Å². The Labute approximate surface area is 157 Å². The molecule has 2 fully saturated rings. The number of hydrogen-bond acceptors (Lipinski definition) is 3. The van der Waals surface area contributed by atoms with Crippen molar-refractivity contribution in [3.63, 3.8) is 0 Å². The third-order valence-electron chi connectivity index (χ3n) is 4.90. The predicted octanol–water partition coefficient (Wildman–Crippen LogP) is 4.38. The van der Waals surface area contributed by atoms with Gasteiger partial charge in [0.15, 0.2) is 0 Å². The number of hydrogen-bond donors (Lipinski definition) is 1. The molecule has 26 heavy (non-hydrogen) atoms. The molecule has 2 unspecified atom stereocenters. The van der Waals surface area contributed by atoms with Crippen LogP contribution in [-0.4, -0.2) is 38.5 Å². The summed E-state index contributed by atoms with van der Waals surface area (Å²) >= 11 is 0. The molecule has 0 amide bonds. The van der Waals surface area contributed by atoms with Gasteiger partial charge in [-0.05, 0) is 43.5 Å². The van der Waals surface area contributed by atoms with Gasteiger partial charge in [-0.25, -0.2) is 0 Å². The minimum Gasteiger partial charge on any atom is -0.373 e. The van der Waals surface area contributed by atoms with E-state index in [-0.39, 0.29) is 0 Å². The van der Waals surface area contributed by atoms with Crippen LogP contribution in [0.3, 0.4) is 0 Å². The molecular weight excluding hydrogens is 322 g/mol. The lowest BCUT2D eigenvalue weighted by molar-refractivity contribution is 0.380. The molecular formula is C23H31NO2. The van der Waals surface area contributed by atoms with Gasteiger partial charge < -0.3 is 14.8 Å². The van der Waals surface area contributed by atoms with Crippen molar-refractivity contribution in [2.24, 2.45) is 0 Å². The van der Waals surface area contributed by atoms with Gasteiger partial charge in [0.25, 0.3) is 0 Å². The average molecular weight is 354 g/mol. The fourth-order valence-corrected chi connectivity index (χ4v) is 3.16. The number of ether oxygens (including phenoxy) is 2. The van der Waals surface area contributed by atoms with Gasteiger partial charge in [-0.2, -0.15) is 0 Å². The van der Waals surface area contributed by atoms with E-state index in [9.17, 15) is 0 Å². The van der Waals surface area contributed by atoms with Gasteiger partial charge in [-0.1, -0.05) is 67.6 Å². The quantitative estimate of drug-likeness (QED) is 0.537. The summed E-state index contributed by atoms with van der Waals surface area (Å²) in [6.45, 7) is 6.39. The molecule has 4 rings (SSSR count). The van der Waals surface area contributed by atoms with Crippen molar-refractivity contribution in [2.45, 2.75) is 44.3 Å². The standard InChI is InChI=1S/C15H16.C8H15NO2/c1-2-15(13-9-5-3-6-10-13)14-11-7-4-8-12-14;1(7-5-10-7)3-9-4-2-8-6-11-8/h3-12,15H,2H2,1H3;7-9H,1-6H2. The normalized spacial score (nSPS) is 20.4. The maximum atomic E-state index is 5.08. The minimum absolute atomic E-state index is 0.535. The van der Waals surface area contributed by atoms with Crippen LogP contribution in [0, 0.1) is 0 Å². The fraction of sp³-hybridized carbons (Fsp3) is 0.478. The highest BCUT2D eigenvalue weighted by molar-refractivity contribution is 5.31. The summed E-state index contributed by atoms with van der Waals surface area (Å²) in [6.07, 6.45) is 4.63. The highest BCUT2D eigenvalue weighted by atomic mass is 16.6. The molecule has 140 valence electrons. The van der Waals surface area contributed by atoms with Crippen LogP contribution in [0.2, 0.25) is 0 Å². The number of rotatable bonds is 9. The molecule has 2 aromatic rings. The summed E-state index contributed by atoms with van der Waals surface area (Å²) in [6, 6.07) is 21.4. The van der Waals surface area contributed by atoms with Crippen LogP contribution in [0.15, 0.2) is 60.7 Å². The molecule has 2 atom stereocenters. The summed E-state index contributed by atoms with van der Waals surface area (Å²) in [5.41, 5.74) is 2.82. The first-order valence-corrected chi connectivity index (χ1v) is 9.90. The molecule has 2 aliphatic heterocycles. The molecule has 1 N–H and O–H groups in total. The van der Waals surface area contributed by atoms with Gasteiger partial charge in [0.05, 0.1) is 25.4 Å². The molecule has 2 saturated heterocycles. The molecule has 2 heterocycles. The Bertz CT molecular complexity index is 555. The summed E-state index contributed by atoms with van der Waals surface area (Å²) in [5, 5.41) is 3.37. The third-order valence-corrected chi connectivity index (χ3v) is 4.90. The predicted molar refractivity (Wildman–Crippen MR) is 107 cm³/mol. The van der Waals surface area contributed by atoms with Gasteiger partial charge in [-0.15, -0.1) is 0 Å². The molecule has 3 nitrogen and oxygen atoms in total. The van der Waals surface area contributed by atoms with Gasteiger partial charge in [0.1, 0.15) is 0 Å². The smallest absolute Gasteiger partial charge is 0.0822 e. The van der Waals surface area contributed by atoms with E-state index < -0.39 is 0 Å². The minimum atomic E-state index is 0.535. The second kappa shape index (κ2) is 10.5. The summed E-state index contributed by atoms with van der Waals surface area (Å²) in [7, 11) is 0. The number of epoxide rings is 2. The van der Waals surface area contributed by atoms with Crippen LogP contribution in [0.1, 0.15) is 43.2 Å². The van der Waals surface area contributed by atoms with E-state index in [1.807, 2.05) is 0 Å². The van der Waals surface area contributed by atoms with Crippen LogP contribution in [-0.2, 0) is 9.47 Å². The molecule has 3 heteroatoms. The molecule has 0 bridgehead atoms. The van der Waals surface area contributed by atoms with Gasteiger partial charge in [0.2, 0.25) is 0 Å². The first-order chi connectivity index (χ1) is 12.9. The van der Waals surface area contributed by atoms with Gasteiger partial charge in [0, 0.05) is 5.92 Å². The molecule has 2 aromatic carbocycles. The Balaban J connectivity index is 0.000000158. The lowest BCUT2D eigenvalue weighted by atomic mass is 9.89. The molecule has 0 spiro atoms. The van der Waals surface area contributed by atoms with Crippen LogP contribution >= 0.6 is 0 Å². The maximum Gasteiger partial charge on any atom is 0.0822 e. The third kappa shape index (κ3) is 6.91. The SMILES string of the molecule is C(CC1CO1)NCCC1CO1.CCC(c1ccccc1)c1ccccc1. The van der Waals surface area contributed by atoms with Crippen LogP contribution in [0.5, 0.6) is 0 Å². The number of nitrogens with one attached hydrogen (secondary N) is 1. The van der Waals surface area contributed by atoms with Crippen molar-refractivity contribution in [1.82, 2.24) is 5.32 Å². The first-order valence-electron chi connectivity index (χ1n) is 9.90. The van der Waals surface area contributed by atoms with Crippen molar-refractivity contribution in [3.8, 4) is 0 Å². The van der Waals surface area contributed by atoms with E-state index in [2.05, 4.69) is 72.9 Å². The monoisotopic (exact) mass is 353 g/mol. The van der Waals surface area contributed by atoms with Crippen molar-refractivity contribution >= 4 is 0 Å². The second-order valence-electron chi connectivity index (χ2n) is 7.02. The van der Waals surface area contributed by atoms with Crippen molar-refractivity contribution < 1.29 is 9.47 Å². The molecule has 0 aliphatic carbocycles. The lowest BCUT2D eigenvalue weighted by Gasteiger charge is -2.15. The highest BCUT2D eigenvalue weighted by Gasteiger charge is 2.22. The topological polar surface area (TPSA) is 37.1 Å². The van der Waals surface area contributed by atoms with E-state index in [0.29, 0.717) is 18.1 Å². The Hall–Kier alpha value is -1.68. The molecule has 2 aliphatic rings. The van der Waals surface area contributed by atoms with Gasteiger partial charge >= 0.3 is 0 Å².